The van der Waals surface area contributed by atoms with Crippen LogP contribution >= 0.6 is 0 Å². The topological polar surface area (TPSA) is 72.7 Å². The smallest absolute Gasteiger partial charge is 0.226 e. The van der Waals surface area contributed by atoms with Crippen LogP contribution < -0.4 is 5.32 Å². The molecule has 0 aromatic carbocycles. The van der Waals surface area contributed by atoms with Gasteiger partial charge in [0, 0.05) is 30.1 Å². The minimum absolute atomic E-state index is 0.195. The molecular formula is C14H13N5O. The molecule has 6 nitrogen and oxygen atoms in total. The molecule has 0 saturated carbocycles. The fraction of sp³-hybridized carbons (Fsp3) is 0.286. The number of fused-ring (bicyclic) bond motifs is 1. The molecule has 0 saturated heterocycles. The first kappa shape index (κ1) is 11.3. The van der Waals surface area contributed by atoms with Crippen LogP contribution in [0.2, 0.25) is 0 Å². The zero-order chi connectivity index (χ0) is 13.5. The van der Waals surface area contributed by atoms with Gasteiger partial charge in [0.15, 0.2) is 5.78 Å². The highest BCUT2D eigenvalue weighted by atomic mass is 16.1. The van der Waals surface area contributed by atoms with E-state index in [0.717, 1.165) is 29.7 Å². The lowest BCUT2D eigenvalue weighted by molar-refractivity contribution is -0.116. The predicted molar refractivity (Wildman–Crippen MR) is 71.9 cm³/mol. The predicted octanol–water partition coefficient (Wildman–Crippen LogP) is 1.70. The van der Waals surface area contributed by atoms with Gasteiger partial charge in [-0.15, -0.1) is 0 Å². The molecule has 4 rings (SSSR count). The second kappa shape index (κ2) is 4.26. The van der Waals surface area contributed by atoms with Crippen molar-refractivity contribution in [2.75, 3.05) is 5.32 Å². The lowest BCUT2D eigenvalue weighted by atomic mass is 9.86. The maximum absolute atomic E-state index is 12.4. The van der Waals surface area contributed by atoms with E-state index in [1.54, 1.807) is 17.1 Å². The molecular weight excluding hydrogens is 254 g/mol. The Bertz CT molecular complexity index is 703. The number of hydrogen-bond donors (Lipinski definition) is 1. The summed E-state index contributed by atoms with van der Waals surface area (Å²) in [6.07, 6.45) is 7.37. The van der Waals surface area contributed by atoms with E-state index in [0.29, 0.717) is 12.4 Å². The molecule has 0 spiro atoms. The maximum atomic E-state index is 12.4. The van der Waals surface area contributed by atoms with Gasteiger partial charge in [-0.1, -0.05) is 0 Å². The van der Waals surface area contributed by atoms with E-state index in [9.17, 15) is 4.79 Å². The third kappa shape index (κ3) is 1.57. The zero-order valence-corrected chi connectivity index (χ0v) is 10.8. The number of Topliss-reactive ketones (excluding diaryl/α,β-unsaturated/α-hetero) is 1. The normalized spacial score (nSPS) is 21.2. The van der Waals surface area contributed by atoms with Gasteiger partial charge in [-0.05, 0) is 30.5 Å². The third-order valence-electron chi connectivity index (χ3n) is 3.83. The van der Waals surface area contributed by atoms with Crippen LogP contribution in [0.15, 0.2) is 42.1 Å². The number of hydrogen-bond acceptors (Lipinski definition) is 5. The van der Waals surface area contributed by atoms with E-state index in [1.165, 1.54) is 6.33 Å². The molecule has 1 aliphatic carbocycles. The van der Waals surface area contributed by atoms with Crippen LogP contribution in [0.1, 0.15) is 30.9 Å². The van der Waals surface area contributed by atoms with Gasteiger partial charge in [0.2, 0.25) is 5.95 Å². The quantitative estimate of drug-likeness (QED) is 0.851. The van der Waals surface area contributed by atoms with E-state index < -0.39 is 0 Å². The second-order valence-electron chi connectivity index (χ2n) is 5.01. The molecule has 2 aromatic heterocycles. The molecule has 6 heteroatoms. The summed E-state index contributed by atoms with van der Waals surface area (Å²) in [6.45, 7) is 0. The number of ketones is 1. The number of pyridine rings is 1. The van der Waals surface area contributed by atoms with Crippen LogP contribution in [-0.2, 0) is 4.79 Å². The molecule has 1 aliphatic heterocycles. The van der Waals surface area contributed by atoms with Crippen LogP contribution in [-0.4, -0.2) is 25.5 Å². The maximum Gasteiger partial charge on any atom is 0.226 e. The molecule has 2 aliphatic rings. The Labute approximate surface area is 115 Å². The van der Waals surface area contributed by atoms with Gasteiger partial charge >= 0.3 is 0 Å². The molecule has 0 unspecified atom stereocenters. The van der Waals surface area contributed by atoms with Gasteiger partial charge in [0.25, 0.3) is 0 Å². The highest BCUT2D eigenvalue weighted by Gasteiger charge is 2.35. The highest BCUT2D eigenvalue weighted by Crippen LogP contribution is 2.39. The summed E-state index contributed by atoms with van der Waals surface area (Å²) >= 11 is 0. The lowest BCUT2D eigenvalue weighted by Crippen LogP contribution is -2.31. The number of carbonyl (C=O) groups is 1. The number of nitrogens with zero attached hydrogens (tertiary/aromatic N) is 4. The van der Waals surface area contributed by atoms with E-state index >= 15 is 0 Å². The van der Waals surface area contributed by atoms with Crippen molar-refractivity contribution in [3.05, 3.63) is 47.7 Å². The summed E-state index contributed by atoms with van der Waals surface area (Å²) < 4.78 is 1.78. The highest BCUT2D eigenvalue weighted by molar-refractivity contribution is 5.99. The average molecular weight is 267 g/mol. The second-order valence-corrected chi connectivity index (χ2v) is 5.01. The molecule has 1 N–H and O–H groups in total. The van der Waals surface area contributed by atoms with Crippen molar-refractivity contribution in [2.45, 2.75) is 25.3 Å². The fourth-order valence-corrected chi connectivity index (χ4v) is 2.95. The number of nitrogens with one attached hydrogen (secondary N) is 1. The summed E-state index contributed by atoms with van der Waals surface area (Å²) in [7, 11) is 0. The Morgan fingerprint density at radius 2 is 2.10 bits per heavy atom. The van der Waals surface area contributed by atoms with Crippen molar-refractivity contribution in [2.24, 2.45) is 0 Å². The molecule has 0 fully saturated rings. The third-order valence-corrected chi connectivity index (χ3v) is 3.83. The van der Waals surface area contributed by atoms with Crippen molar-refractivity contribution < 1.29 is 4.79 Å². The lowest BCUT2D eigenvalue weighted by Gasteiger charge is -2.32. The summed E-state index contributed by atoms with van der Waals surface area (Å²) in [5.74, 6) is 0.891. The van der Waals surface area contributed by atoms with Gasteiger partial charge < -0.3 is 5.32 Å². The minimum Gasteiger partial charge on any atom is -0.328 e. The van der Waals surface area contributed by atoms with Gasteiger partial charge in [0.05, 0.1) is 0 Å². The van der Waals surface area contributed by atoms with Gasteiger partial charge in [-0.3, -0.25) is 9.78 Å². The Morgan fingerprint density at radius 1 is 1.25 bits per heavy atom. The molecule has 1 atom stereocenters. The molecule has 0 bridgehead atoms. The van der Waals surface area contributed by atoms with Crippen LogP contribution in [0.4, 0.5) is 5.95 Å². The number of aromatic nitrogens is 4. The molecule has 2 aromatic rings. The summed E-state index contributed by atoms with van der Waals surface area (Å²) in [6, 6.07) is 3.65. The molecule has 20 heavy (non-hydrogen) atoms. The molecule has 0 amide bonds. The van der Waals surface area contributed by atoms with E-state index in [1.807, 2.05) is 12.1 Å². The van der Waals surface area contributed by atoms with Crippen molar-refractivity contribution in [1.29, 1.82) is 0 Å². The van der Waals surface area contributed by atoms with Crippen molar-refractivity contribution in [1.82, 2.24) is 19.7 Å². The monoisotopic (exact) mass is 267 g/mol. The summed E-state index contributed by atoms with van der Waals surface area (Å²) in [5.41, 5.74) is 2.82. The van der Waals surface area contributed by atoms with E-state index in [4.69, 9.17) is 0 Å². The first-order chi connectivity index (χ1) is 9.84. The van der Waals surface area contributed by atoms with E-state index in [-0.39, 0.29) is 11.8 Å². The Balaban J connectivity index is 1.93. The first-order valence-corrected chi connectivity index (χ1v) is 6.67. The van der Waals surface area contributed by atoms with Gasteiger partial charge in [-0.25, -0.2) is 4.68 Å². The average Bonchev–Trinajstić information content (AvgIpc) is 2.94. The van der Waals surface area contributed by atoms with E-state index in [2.05, 4.69) is 20.4 Å². The Kier molecular flexibility index (Phi) is 2.42. The molecule has 0 radical (unpaired) electrons. The van der Waals surface area contributed by atoms with Crippen LogP contribution in [0, 0.1) is 0 Å². The Hall–Kier alpha value is -2.50. The fourth-order valence-electron chi connectivity index (χ4n) is 2.95. The Morgan fingerprint density at radius 3 is 2.95 bits per heavy atom. The summed E-state index contributed by atoms with van der Waals surface area (Å²) in [4.78, 5) is 20.6. The van der Waals surface area contributed by atoms with Crippen molar-refractivity contribution >= 4 is 11.7 Å². The minimum atomic E-state index is -0.195. The summed E-state index contributed by atoms with van der Waals surface area (Å²) in [5, 5.41) is 7.52. The van der Waals surface area contributed by atoms with Crippen molar-refractivity contribution in [3.63, 3.8) is 0 Å². The molecule has 3 heterocycles. The zero-order valence-electron chi connectivity index (χ0n) is 10.8. The SMILES string of the molecule is O=C1CCCC2=C1[C@H](c1ccncc1)n1ncnc1N2. The first-order valence-electron chi connectivity index (χ1n) is 6.67. The number of rotatable bonds is 1. The van der Waals surface area contributed by atoms with Crippen LogP contribution in [0.5, 0.6) is 0 Å². The number of carbonyl (C=O) groups excluding carboxylic acids is 1. The number of allylic oxidation sites excluding steroid dienone is 2. The largest absolute Gasteiger partial charge is 0.328 e. The van der Waals surface area contributed by atoms with Crippen LogP contribution in [0.25, 0.3) is 0 Å². The number of anilines is 1. The van der Waals surface area contributed by atoms with Gasteiger partial charge in [0.1, 0.15) is 12.4 Å². The standard InChI is InChI=1S/C14H13N5O/c20-11-3-1-2-10-12(11)13(9-4-6-15-7-5-9)19-14(18-10)16-8-17-19/h4-8,13H,1-3H2,(H,16,17,18)/t13-/m0/s1. The van der Waals surface area contributed by atoms with Crippen LogP contribution in [0.3, 0.4) is 0 Å². The van der Waals surface area contributed by atoms with Crippen molar-refractivity contribution in [3.8, 4) is 0 Å². The van der Waals surface area contributed by atoms with Gasteiger partial charge in [-0.2, -0.15) is 10.1 Å². The molecule has 100 valence electrons.